The van der Waals surface area contributed by atoms with Crippen molar-refractivity contribution in [1.82, 2.24) is 14.9 Å². The summed E-state index contributed by atoms with van der Waals surface area (Å²) < 4.78 is 18.9. The second kappa shape index (κ2) is 8.46. The number of aromatic amines is 1. The Morgan fingerprint density at radius 1 is 1.46 bits per heavy atom. The SMILES string of the molecule is COc1cc(/C=N\n2c([C@H]3CCCO3)n[nH]c2=S)ccc1OCC(C)C. The summed E-state index contributed by atoms with van der Waals surface area (Å²) >= 11 is 5.28. The zero-order valence-electron chi connectivity index (χ0n) is 15.3. The fourth-order valence-electron chi connectivity index (χ4n) is 2.67. The Kier molecular flexibility index (Phi) is 6.05. The second-order valence-electron chi connectivity index (χ2n) is 6.56. The first-order chi connectivity index (χ1) is 12.6. The maximum Gasteiger partial charge on any atom is 0.216 e. The van der Waals surface area contributed by atoms with Gasteiger partial charge in [0.15, 0.2) is 17.3 Å². The molecule has 7 nitrogen and oxygen atoms in total. The third-order valence-corrected chi connectivity index (χ3v) is 4.24. The number of methoxy groups -OCH3 is 1. The summed E-state index contributed by atoms with van der Waals surface area (Å²) in [5.41, 5.74) is 0.875. The fourth-order valence-corrected chi connectivity index (χ4v) is 2.86. The predicted octanol–water partition coefficient (Wildman–Crippen LogP) is 3.72. The van der Waals surface area contributed by atoms with Gasteiger partial charge < -0.3 is 14.2 Å². The van der Waals surface area contributed by atoms with E-state index >= 15 is 0 Å². The molecule has 1 fully saturated rings. The summed E-state index contributed by atoms with van der Waals surface area (Å²) in [6, 6.07) is 5.70. The molecule has 8 heteroatoms. The van der Waals surface area contributed by atoms with Crippen LogP contribution in [0.15, 0.2) is 23.3 Å². The van der Waals surface area contributed by atoms with Crippen LogP contribution < -0.4 is 9.47 Å². The van der Waals surface area contributed by atoms with E-state index in [4.69, 9.17) is 26.4 Å². The van der Waals surface area contributed by atoms with Crippen LogP contribution >= 0.6 is 12.2 Å². The van der Waals surface area contributed by atoms with Crippen molar-refractivity contribution in [3.63, 3.8) is 0 Å². The number of ether oxygens (including phenoxy) is 3. The van der Waals surface area contributed by atoms with Crippen LogP contribution in [0.4, 0.5) is 0 Å². The molecule has 0 radical (unpaired) electrons. The highest BCUT2D eigenvalue weighted by molar-refractivity contribution is 7.71. The summed E-state index contributed by atoms with van der Waals surface area (Å²) in [5, 5.41) is 11.5. The molecule has 1 aromatic heterocycles. The fraction of sp³-hybridized carbons (Fsp3) is 0.500. The minimum Gasteiger partial charge on any atom is -0.493 e. The highest BCUT2D eigenvalue weighted by Crippen LogP contribution is 2.29. The maximum atomic E-state index is 5.78. The Bertz CT molecular complexity index is 822. The van der Waals surface area contributed by atoms with Crippen LogP contribution in [0, 0.1) is 10.7 Å². The third kappa shape index (κ3) is 4.31. The summed E-state index contributed by atoms with van der Waals surface area (Å²) in [5.74, 6) is 2.54. The Morgan fingerprint density at radius 2 is 2.31 bits per heavy atom. The van der Waals surface area contributed by atoms with Crippen molar-refractivity contribution in [3.05, 3.63) is 34.4 Å². The van der Waals surface area contributed by atoms with Crippen LogP contribution in [0.5, 0.6) is 11.5 Å². The molecule has 3 rings (SSSR count). The number of hydrogen-bond acceptors (Lipinski definition) is 6. The van der Waals surface area contributed by atoms with Crippen LogP contribution in [0.25, 0.3) is 0 Å². The first kappa shape index (κ1) is 18.6. The zero-order valence-corrected chi connectivity index (χ0v) is 16.1. The molecule has 1 aliphatic rings. The normalized spacial score (nSPS) is 17.3. The molecule has 1 aliphatic heterocycles. The topological polar surface area (TPSA) is 73.7 Å². The Labute approximate surface area is 158 Å². The van der Waals surface area contributed by atoms with E-state index in [2.05, 4.69) is 29.1 Å². The molecule has 1 atom stereocenters. The maximum absolute atomic E-state index is 5.78. The standard InChI is InChI=1S/C18H24N4O3S/c1-12(2)11-25-14-7-6-13(9-16(14)23-3)10-19-22-17(20-21-18(22)26)15-5-4-8-24-15/h6-7,9-10,12,15H,4-5,8,11H2,1-3H3,(H,21,26)/b19-10-/t15-/m1/s1. The average molecular weight is 376 g/mol. The van der Waals surface area contributed by atoms with E-state index in [9.17, 15) is 0 Å². The van der Waals surface area contributed by atoms with Crippen molar-refractivity contribution in [2.75, 3.05) is 20.3 Å². The van der Waals surface area contributed by atoms with Crippen LogP contribution in [-0.2, 0) is 4.74 Å². The summed E-state index contributed by atoms with van der Waals surface area (Å²) in [6.07, 6.45) is 3.59. The molecule has 0 unspecified atom stereocenters. The summed E-state index contributed by atoms with van der Waals surface area (Å²) in [6.45, 7) is 5.59. The van der Waals surface area contributed by atoms with Crippen molar-refractivity contribution in [3.8, 4) is 11.5 Å². The van der Waals surface area contributed by atoms with Gasteiger partial charge in [0.2, 0.25) is 4.77 Å². The molecule has 0 amide bonds. The van der Waals surface area contributed by atoms with Crippen molar-refractivity contribution in [2.45, 2.75) is 32.8 Å². The van der Waals surface area contributed by atoms with Crippen LogP contribution in [0.2, 0.25) is 0 Å². The highest BCUT2D eigenvalue weighted by Gasteiger charge is 2.23. The number of nitrogens with one attached hydrogen (secondary N) is 1. The van der Waals surface area contributed by atoms with Gasteiger partial charge in [-0.3, -0.25) is 5.10 Å². The Morgan fingerprint density at radius 3 is 3.00 bits per heavy atom. The van der Waals surface area contributed by atoms with Gasteiger partial charge in [0.1, 0.15) is 6.10 Å². The molecular weight excluding hydrogens is 352 g/mol. The lowest BCUT2D eigenvalue weighted by molar-refractivity contribution is 0.102. The van der Waals surface area contributed by atoms with Gasteiger partial charge in [-0.25, -0.2) is 0 Å². The lowest BCUT2D eigenvalue weighted by Crippen LogP contribution is -2.06. The van der Waals surface area contributed by atoms with Crippen molar-refractivity contribution in [1.29, 1.82) is 0 Å². The molecule has 1 N–H and O–H groups in total. The highest BCUT2D eigenvalue weighted by atomic mass is 32.1. The lowest BCUT2D eigenvalue weighted by atomic mass is 10.2. The van der Waals surface area contributed by atoms with Gasteiger partial charge in [0.05, 0.1) is 19.9 Å². The van der Waals surface area contributed by atoms with Crippen LogP contribution in [0.1, 0.15) is 44.2 Å². The number of H-pyrrole nitrogens is 1. The zero-order chi connectivity index (χ0) is 18.5. The predicted molar refractivity (Wildman–Crippen MR) is 102 cm³/mol. The first-order valence-corrected chi connectivity index (χ1v) is 9.13. The van der Waals surface area contributed by atoms with Gasteiger partial charge >= 0.3 is 0 Å². The van der Waals surface area contributed by atoms with E-state index in [1.807, 2.05) is 18.2 Å². The molecule has 2 heterocycles. The van der Waals surface area contributed by atoms with Gasteiger partial charge in [0.25, 0.3) is 0 Å². The van der Waals surface area contributed by atoms with Crippen LogP contribution in [-0.4, -0.2) is 41.4 Å². The molecule has 26 heavy (non-hydrogen) atoms. The molecule has 140 valence electrons. The molecule has 1 saturated heterocycles. The summed E-state index contributed by atoms with van der Waals surface area (Å²) in [4.78, 5) is 0. The smallest absolute Gasteiger partial charge is 0.216 e. The van der Waals surface area contributed by atoms with Gasteiger partial charge in [-0.2, -0.15) is 14.9 Å². The van der Waals surface area contributed by atoms with E-state index in [1.165, 1.54) is 0 Å². The van der Waals surface area contributed by atoms with E-state index in [1.54, 1.807) is 18.0 Å². The van der Waals surface area contributed by atoms with Crippen molar-refractivity contribution >= 4 is 18.4 Å². The number of benzene rings is 1. The molecule has 0 saturated carbocycles. The van der Waals surface area contributed by atoms with Gasteiger partial charge in [-0.15, -0.1) is 0 Å². The minimum absolute atomic E-state index is 0.0681. The molecular formula is C18H24N4O3S. The van der Waals surface area contributed by atoms with Crippen molar-refractivity contribution < 1.29 is 14.2 Å². The number of nitrogens with zero attached hydrogens (tertiary/aromatic N) is 3. The number of rotatable bonds is 7. The van der Waals surface area contributed by atoms with Gasteiger partial charge in [-0.1, -0.05) is 13.8 Å². The number of aromatic nitrogens is 3. The van der Waals surface area contributed by atoms with Crippen LogP contribution in [0.3, 0.4) is 0 Å². The van der Waals surface area contributed by atoms with Crippen molar-refractivity contribution in [2.24, 2.45) is 11.0 Å². The van der Waals surface area contributed by atoms with Gasteiger partial charge in [-0.05, 0) is 54.7 Å². The molecule has 0 aliphatic carbocycles. The van der Waals surface area contributed by atoms with Gasteiger partial charge in [0, 0.05) is 6.61 Å². The minimum atomic E-state index is -0.0681. The molecule has 1 aromatic carbocycles. The average Bonchev–Trinajstić information content (AvgIpc) is 3.28. The third-order valence-electron chi connectivity index (χ3n) is 3.98. The Hall–Kier alpha value is -2.19. The summed E-state index contributed by atoms with van der Waals surface area (Å²) in [7, 11) is 1.63. The molecule has 0 spiro atoms. The van der Waals surface area contributed by atoms with E-state index < -0.39 is 0 Å². The number of hydrogen-bond donors (Lipinski definition) is 1. The largest absolute Gasteiger partial charge is 0.493 e. The first-order valence-electron chi connectivity index (χ1n) is 8.72. The monoisotopic (exact) mass is 376 g/mol. The molecule has 2 aromatic rings. The lowest BCUT2D eigenvalue weighted by Gasteiger charge is -2.12. The second-order valence-corrected chi connectivity index (χ2v) is 6.95. The van der Waals surface area contributed by atoms with E-state index in [0.717, 1.165) is 30.8 Å². The quantitative estimate of drug-likeness (QED) is 0.589. The van der Waals surface area contributed by atoms with E-state index in [0.29, 0.717) is 28.9 Å². The Balaban J connectivity index is 1.80. The van der Waals surface area contributed by atoms with E-state index in [-0.39, 0.29) is 6.10 Å². The molecule has 0 bridgehead atoms.